The summed E-state index contributed by atoms with van der Waals surface area (Å²) >= 11 is 0. The Labute approximate surface area is 186 Å². The maximum atomic E-state index is 12.4. The minimum absolute atomic E-state index is 0.335. The summed E-state index contributed by atoms with van der Waals surface area (Å²) in [5.74, 6) is -1.42. The summed E-state index contributed by atoms with van der Waals surface area (Å²) in [5, 5.41) is 24.2. The topological polar surface area (TPSA) is 124 Å². The number of aromatic nitrogens is 1. The average molecular weight is 434 g/mol. The molecule has 2 aromatic carbocycles. The molecule has 3 rings (SSSR count). The zero-order chi connectivity index (χ0) is 22.9. The van der Waals surface area contributed by atoms with Crippen LogP contribution in [0.4, 0.5) is 0 Å². The molecule has 2 amide bonds. The molecule has 0 fully saturated rings. The van der Waals surface area contributed by atoms with Crippen LogP contribution in [0.5, 0.6) is 0 Å². The predicted molar refractivity (Wildman–Crippen MR) is 120 cm³/mol. The van der Waals surface area contributed by atoms with Gasteiger partial charge in [-0.05, 0) is 47.4 Å². The van der Waals surface area contributed by atoms with E-state index < -0.39 is 24.0 Å². The molecule has 1 aromatic heterocycles. The standard InChI is InChI=1S/C24H26N4O4/c1-16(29)22(24(31)28-32)27-23(30)21-10-8-20(9-11-21)19-6-4-17(5-7-19)13-26-15-18-3-2-12-25-14-18/h2-12,14,16,22,26,29,32H,13,15H2,1H3,(H,27,30)(H,28,31)/t16-,22+/m1/s1. The fourth-order valence-electron chi connectivity index (χ4n) is 3.18. The predicted octanol–water partition coefficient (Wildman–Crippen LogP) is 2.02. The SMILES string of the molecule is C[C@@H](O)[C@H](NC(=O)c1ccc(-c2ccc(CNCc3cccnc3)cc2)cc1)C(=O)NO. The fourth-order valence-corrected chi connectivity index (χ4v) is 3.18. The van der Waals surface area contributed by atoms with Gasteiger partial charge in [0.2, 0.25) is 0 Å². The minimum Gasteiger partial charge on any atom is -0.391 e. The Morgan fingerprint density at radius 1 is 0.938 bits per heavy atom. The first-order valence-corrected chi connectivity index (χ1v) is 10.2. The van der Waals surface area contributed by atoms with Gasteiger partial charge in [0.1, 0.15) is 6.04 Å². The molecular weight excluding hydrogens is 408 g/mol. The van der Waals surface area contributed by atoms with Gasteiger partial charge < -0.3 is 15.7 Å². The van der Waals surface area contributed by atoms with Crippen molar-refractivity contribution in [2.45, 2.75) is 32.2 Å². The lowest BCUT2D eigenvalue weighted by Gasteiger charge is -2.19. The summed E-state index contributed by atoms with van der Waals surface area (Å²) in [6.45, 7) is 2.83. The quantitative estimate of drug-likeness (QED) is 0.259. The lowest BCUT2D eigenvalue weighted by molar-refractivity contribution is -0.133. The number of aliphatic hydroxyl groups is 1. The summed E-state index contributed by atoms with van der Waals surface area (Å²) in [4.78, 5) is 28.1. The van der Waals surface area contributed by atoms with Crippen LogP contribution in [-0.2, 0) is 17.9 Å². The molecule has 1 heterocycles. The van der Waals surface area contributed by atoms with Crippen LogP contribution in [0.3, 0.4) is 0 Å². The molecule has 0 aliphatic rings. The van der Waals surface area contributed by atoms with E-state index in [2.05, 4.69) is 15.6 Å². The Morgan fingerprint density at radius 3 is 2.12 bits per heavy atom. The number of aliphatic hydroxyl groups excluding tert-OH is 1. The van der Waals surface area contributed by atoms with Crippen molar-refractivity contribution in [2.75, 3.05) is 0 Å². The van der Waals surface area contributed by atoms with Crippen LogP contribution in [0.1, 0.15) is 28.4 Å². The van der Waals surface area contributed by atoms with E-state index in [4.69, 9.17) is 5.21 Å². The summed E-state index contributed by atoms with van der Waals surface area (Å²) in [6.07, 6.45) is 2.43. The van der Waals surface area contributed by atoms with Gasteiger partial charge in [0.15, 0.2) is 0 Å². The van der Waals surface area contributed by atoms with Crippen molar-refractivity contribution in [3.63, 3.8) is 0 Å². The van der Waals surface area contributed by atoms with Gasteiger partial charge in [-0.3, -0.25) is 19.8 Å². The number of amides is 2. The van der Waals surface area contributed by atoms with E-state index in [1.165, 1.54) is 12.4 Å². The van der Waals surface area contributed by atoms with E-state index >= 15 is 0 Å². The van der Waals surface area contributed by atoms with Crippen LogP contribution in [0.25, 0.3) is 11.1 Å². The normalized spacial score (nSPS) is 12.6. The van der Waals surface area contributed by atoms with Gasteiger partial charge in [0, 0.05) is 31.0 Å². The van der Waals surface area contributed by atoms with Crippen LogP contribution in [0.2, 0.25) is 0 Å². The average Bonchev–Trinajstić information content (AvgIpc) is 2.83. The maximum absolute atomic E-state index is 12.4. The molecule has 0 spiro atoms. The van der Waals surface area contributed by atoms with Crippen molar-refractivity contribution in [3.05, 3.63) is 89.7 Å². The van der Waals surface area contributed by atoms with Gasteiger partial charge in [-0.25, -0.2) is 5.48 Å². The summed E-state index contributed by atoms with van der Waals surface area (Å²) in [7, 11) is 0. The van der Waals surface area contributed by atoms with Crippen molar-refractivity contribution >= 4 is 11.8 Å². The fraction of sp³-hybridized carbons (Fsp3) is 0.208. The number of nitrogens with one attached hydrogen (secondary N) is 3. The number of pyridine rings is 1. The number of carbonyl (C=O) groups is 2. The Kier molecular flexibility index (Phi) is 8.04. The first-order valence-electron chi connectivity index (χ1n) is 10.2. The highest BCUT2D eigenvalue weighted by molar-refractivity contribution is 5.97. The Hall–Kier alpha value is -3.59. The lowest BCUT2D eigenvalue weighted by Crippen LogP contribution is -2.51. The van der Waals surface area contributed by atoms with E-state index in [1.54, 1.807) is 18.3 Å². The second-order valence-electron chi connectivity index (χ2n) is 7.41. The molecule has 0 unspecified atom stereocenters. The third-order valence-electron chi connectivity index (χ3n) is 4.98. The Balaban J connectivity index is 1.58. The molecule has 0 bridgehead atoms. The highest BCUT2D eigenvalue weighted by atomic mass is 16.5. The monoisotopic (exact) mass is 434 g/mol. The largest absolute Gasteiger partial charge is 0.391 e. The van der Waals surface area contributed by atoms with Crippen LogP contribution < -0.4 is 16.1 Å². The molecule has 0 saturated carbocycles. The highest BCUT2D eigenvalue weighted by Crippen LogP contribution is 2.20. The molecule has 0 aliphatic carbocycles. The first kappa shape index (κ1) is 23.1. The molecule has 0 saturated heterocycles. The molecule has 0 aliphatic heterocycles. The van der Waals surface area contributed by atoms with Gasteiger partial charge in [-0.15, -0.1) is 0 Å². The summed E-state index contributed by atoms with van der Waals surface area (Å²) < 4.78 is 0. The van der Waals surface area contributed by atoms with Gasteiger partial charge in [-0.1, -0.05) is 42.5 Å². The molecule has 5 N–H and O–H groups in total. The van der Waals surface area contributed by atoms with Crippen LogP contribution in [0.15, 0.2) is 73.1 Å². The van der Waals surface area contributed by atoms with Crippen molar-refractivity contribution in [3.8, 4) is 11.1 Å². The van der Waals surface area contributed by atoms with E-state index in [9.17, 15) is 14.7 Å². The van der Waals surface area contributed by atoms with E-state index in [1.807, 2.05) is 54.7 Å². The third kappa shape index (κ3) is 6.21. The number of hydrogen-bond donors (Lipinski definition) is 5. The second-order valence-corrected chi connectivity index (χ2v) is 7.41. The van der Waals surface area contributed by atoms with Gasteiger partial charge in [0.05, 0.1) is 6.10 Å². The molecule has 0 radical (unpaired) electrons. The number of nitrogens with zero attached hydrogens (tertiary/aromatic N) is 1. The smallest absolute Gasteiger partial charge is 0.268 e. The molecule has 3 aromatic rings. The number of hydrogen-bond acceptors (Lipinski definition) is 6. The van der Waals surface area contributed by atoms with Gasteiger partial charge >= 0.3 is 0 Å². The Morgan fingerprint density at radius 2 is 1.56 bits per heavy atom. The number of carbonyl (C=O) groups excluding carboxylic acids is 2. The lowest BCUT2D eigenvalue weighted by atomic mass is 10.0. The van der Waals surface area contributed by atoms with Crippen LogP contribution in [0, 0.1) is 0 Å². The van der Waals surface area contributed by atoms with E-state index in [-0.39, 0.29) is 0 Å². The molecule has 8 nitrogen and oxygen atoms in total. The van der Waals surface area contributed by atoms with Crippen molar-refractivity contribution in [1.29, 1.82) is 0 Å². The molecule has 8 heteroatoms. The Bertz CT molecular complexity index is 1020. The molecule has 166 valence electrons. The zero-order valence-electron chi connectivity index (χ0n) is 17.7. The van der Waals surface area contributed by atoms with E-state index in [0.717, 1.165) is 35.3 Å². The number of hydroxylamine groups is 1. The first-order chi connectivity index (χ1) is 15.5. The molecule has 32 heavy (non-hydrogen) atoms. The van der Waals surface area contributed by atoms with Gasteiger partial charge in [0.25, 0.3) is 11.8 Å². The minimum atomic E-state index is -1.26. The van der Waals surface area contributed by atoms with Crippen LogP contribution in [-0.4, -0.2) is 39.3 Å². The number of rotatable bonds is 9. The third-order valence-corrected chi connectivity index (χ3v) is 4.98. The highest BCUT2D eigenvalue weighted by Gasteiger charge is 2.25. The summed E-state index contributed by atoms with van der Waals surface area (Å²) in [6, 6.07) is 17.7. The summed E-state index contributed by atoms with van der Waals surface area (Å²) in [5.41, 5.74) is 6.01. The van der Waals surface area contributed by atoms with Crippen molar-refractivity contribution in [1.82, 2.24) is 21.1 Å². The number of benzene rings is 2. The van der Waals surface area contributed by atoms with Crippen molar-refractivity contribution in [2.24, 2.45) is 0 Å². The van der Waals surface area contributed by atoms with Gasteiger partial charge in [-0.2, -0.15) is 0 Å². The molecule has 2 atom stereocenters. The zero-order valence-corrected chi connectivity index (χ0v) is 17.7. The molecular formula is C24H26N4O4. The van der Waals surface area contributed by atoms with Crippen LogP contribution >= 0.6 is 0 Å². The van der Waals surface area contributed by atoms with Crippen molar-refractivity contribution < 1.29 is 19.9 Å². The van der Waals surface area contributed by atoms with E-state index in [0.29, 0.717) is 5.56 Å². The second kappa shape index (κ2) is 11.1. The maximum Gasteiger partial charge on any atom is 0.268 e.